The molecule has 0 spiro atoms. The normalized spacial score (nSPS) is 16.1. The number of thiocarbonyl (C=S) groups is 1. The third-order valence-corrected chi connectivity index (χ3v) is 4.22. The molecule has 3 N–H and O–H groups in total. The van der Waals surface area contributed by atoms with E-state index in [1.165, 1.54) is 18.8 Å². The van der Waals surface area contributed by atoms with Crippen molar-refractivity contribution in [2.75, 3.05) is 43.4 Å². The molecule has 23 heavy (non-hydrogen) atoms. The van der Waals surface area contributed by atoms with E-state index < -0.39 is 5.41 Å². The number of nitrogens with one attached hydrogen (secondary N) is 3. The van der Waals surface area contributed by atoms with Crippen molar-refractivity contribution in [1.82, 2.24) is 5.32 Å². The number of carbonyl (C=O) groups is 1. The highest BCUT2D eigenvalue weighted by atomic mass is 32.1. The van der Waals surface area contributed by atoms with Gasteiger partial charge in [-0.25, -0.2) is 0 Å². The molecule has 0 aromatic heterocycles. The first-order chi connectivity index (χ1) is 10.8. The second kappa shape index (κ2) is 7.27. The van der Waals surface area contributed by atoms with Crippen LogP contribution in [0.5, 0.6) is 0 Å². The molecule has 1 aliphatic rings. The lowest BCUT2D eigenvalue weighted by Gasteiger charge is -2.31. The van der Waals surface area contributed by atoms with Crippen LogP contribution in [-0.4, -0.2) is 44.2 Å². The summed E-state index contributed by atoms with van der Waals surface area (Å²) in [4.78, 5) is 15.9. The maximum atomic E-state index is 11.9. The number of hydrogen-bond donors (Lipinski definition) is 3. The van der Waals surface area contributed by atoms with Crippen molar-refractivity contribution >= 4 is 34.6 Å². The molecule has 0 radical (unpaired) electrons. The molecule has 0 aliphatic carbocycles. The lowest BCUT2D eigenvalue weighted by atomic mass is 9.96. The summed E-state index contributed by atoms with van der Waals surface area (Å²) in [6, 6.07) is 8.18. The van der Waals surface area contributed by atoms with Crippen molar-refractivity contribution in [3.05, 3.63) is 24.3 Å². The van der Waals surface area contributed by atoms with Gasteiger partial charge in [0.1, 0.15) is 0 Å². The molecule has 1 aromatic carbocycles. The summed E-state index contributed by atoms with van der Waals surface area (Å²) >= 11 is 5.20. The SMILES string of the molecule is C[NH+]1CCN(c2ccc(NC(=S)NC(=O)C(C)(C)C)cc2)CC1. The number of quaternary nitrogens is 1. The molecule has 5 nitrogen and oxygen atoms in total. The van der Waals surface area contributed by atoms with Gasteiger partial charge < -0.3 is 20.4 Å². The molecule has 126 valence electrons. The minimum atomic E-state index is -0.459. The number of piperazine rings is 1. The van der Waals surface area contributed by atoms with Gasteiger partial charge in [0.05, 0.1) is 33.2 Å². The minimum Gasteiger partial charge on any atom is -0.360 e. The molecular weight excluding hydrogens is 308 g/mol. The van der Waals surface area contributed by atoms with Gasteiger partial charge in [-0.1, -0.05) is 20.8 Å². The van der Waals surface area contributed by atoms with Gasteiger partial charge in [0.15, 0.2) is 5.11 Å². The van der Waals surface area contributed by atoms with E-state index in [-0.39, 0.29) is 5.91 Å². The van der Waals surface area contributed by atoms with E-state index in [0.717, 1.165) is 18.8 Å². The Hall–Kier alpha value is -1.66. The van der Waals surface area contributed by atoms with Gasteiger partial charge in [-0.3, -0.25) is 4.79 Å². The fourth-order valence-electron chi connectivity index (χ4n) is 2.36. The van der Waals surface area contributed by atoms with E-state index in [2.05, 4.69) is 34.7 Å². The number of amides is 1. The third-order valence-electron chi connectivity index (χ3n) is 4.02. The summed E-state index contributed by atoms with van der Waals surface area (Å²) in [5.41, 5.74) is 1.65. The summed E-state index contributed by atoms with van der Waals surface area (Å²) in [7, 11) is 2.23. The quantitative estimate of drug-likeness (QED) is 0.703. The van der Waals surface area contributed by atoms with E-state index in [0.29, 0.717) is 5.11 Å². The topological polar surface area (TPSA) is 48.8 Å². The van der Waals surface area contributed by atoms with E-state index in [1.807, 2.05) is 32.9 Å². The highest BCUT2D eigenvalue weighted by Gasteiger charge is 2.22. The molecule has 1 saturated heterocycles. The highest BCUT2D eigenvalue weighted by molar-refractivity contribution is 7.80. The molecule has 1 aliphatic heterocycles. The Kier molecular flexibility index (Phi) is 5.59. The molecule has 6 heteroatoms. The first-order valence-corrected chi connectivity index (χ1v) is 8.45. The van der Waals surface area contributed by atoms with Gasteiger partial charge >= 0.3 is 0 Å². The van der Waals surface area contributed by atoms with Crippen LogP contribution in [0.25, 0.3) is 0 Å². The smallest absolute Gasteiger partial charge is 0.231 e. The van der Waals surface area contributed by atoms with Crippen LogP contribution in [0.2, 0.25) is 0 Å². The van der Waals surface area contributed by atoms with Crippen LogP contribution in [0, 0.1) is 5.41 Å². The van der Waals surface area contributed by atoms with Crippen LogP contribution in [0.1, 0.15) is 20.8 Å². The van der Waals surface area contributed by atoms with E-state index in [4.69, 9.17) is 12.2 Å². The zero-order chi connectivity index (χ0) is 17.0. The monoisotopic (exact) mass is 335 g/mol. The number of hydrogen-bond acceptors (Lipinski definition) is 3. The van der Waals surface area contributed by atoms with Crippen LogP contribution in [0.4, 0.5) is 11.4 Å². The summed E-state index contributed by atoms with van der Waals surface area (Å²) in [5.74, 6) is -0.0912. The zero-order valence-corrected chi connectivity index (χ0v) is 15.2. The number of carbonyl (C=O) groups excluding carboxylic acids is 1. The van der Waals surface area contributed by atoms with Gasteiger partial charge in [0.25, 0.3) is 0 Å². The molecule has 1 amide bonds. The average molecular weight is 335 g/mol. The summed E-state index contributed by atoms with van der Waals surface area (Å²) < 4.78 is 0. The van der Waals surface area contributed by atoms with Gasteiger partial charge in [-0.05, 0) is 36.5 Å². The predicted octanol–water partition coefficient (Wildman–Crippen LogP) is 0.880. The van der Waals surface area contributed by atoms with Crippen molar-refractivity contribution in [3.63, 3.8) is 0 Å². The van der Waals surface area contributed by atoms with Crippen molar-refractivity contribution in [2.24, 2.45) is 5.41 Å². The van der Waals surface area contributed by atoms with Gasteiger partial charge in [-0.2, -0.15) is 0 Å². The van der Waals surface area contributed by atoms with Gasteiger partial charge in [0.2, 0.25) is 5.91 Å². The second-order valence-electron chi connectivity index (χ2n) is 7.15. The molecule has 0 atom stereocenters. The van der Waals surface area contributed by atoms with Crippen molar-refractivity contribution in [1.29, 1.82) is 0 Å². The fraction of sp³-hybridized carbons (Fsp3) is 0.529. The predicted molar refractivity (Wildman–Crippen MR) is 99.1 cm³/mol. The van der Waals surface area contributed by atoms with Crippen LogP contribution in [0.3, 0.4) is 0 Å². The van der Waals surface area contributed by atoms with Crippen LogP contribution >= 0.6 is 12.2 Å². The number of nitrogens with zero attached hydrogens (tertiary/aromatic N) is 1. The molecule has 1 fully saturated rings. The van der Waals surface area contributed by atoms with Crippen LogP contribution in [-0.2, 0) is 4.79 Å². The number of benzene rings is 1. The number of anilines is 2. The standard InChI is InChI=1S/C17H26N4OS/c1-17(2,3)15(22)19-16(23)18-13-5-7-14(8-6-13)21-11-9-20(4)10-12-21/h5-8H,9-12H2,1-4H3,(H2,18,19,22,23)/p+1. The van der Waals surface area contributed by atoms with Crippen LogP contribution in [0.15, 0.2) is 24.3 Å². The number of likely N-dealkylation sites (N-methyl/N-ethyl adjacent to an activating group) is 1. The first kappa shape index (κ1) is 17.7. The molecule has 2 rings (SSSR count). The van der Waals surface area contributed by atoms with E-state index in [9.17, 15) is 4.79 Å². The maximum Gasteiger partial charge on any atom is 0.231 e. The molecule has 0 bridgehead atoms. The molecule has 1 aromatic rings. The van der Waals surface area contributed by atoms with Gasteiger partial charge in [0, 0.05) is 16.8 Å². The summed E-state index contributed by atoms with van der Waals surface area (Å²) in [6.07, 6.45) is 0. The molecule has 1 heterocycles. The minimum absolute atomic E-state index is 0.0912. The summed E-state index contributed by atoms with van der Waals surface area (Å²) in [5, 5.41) is 6.11. The third kappa shape index (κ3) is 5.18. The Labute approximate surface area is 144 Å². The van der Waals surface area contributed by atoms with Gasteiger partial charge in [-0.15, -0.1) is 0 Å². The highest BCUT2D eigenvalue weighted by Crippen LogP contribution is 2.18. The van der Waals surface area contributed by atoms with E-state index >= 15 is 0 Å². The molecule has 0 unspecified atom stereocenters. The average Bonchev–Trinajstić information content (AvgIpc) is 2.48. The Balaban J connectivity index is 1.90. The van der Waals surface area contributed by atoms with Crippen molar-refractivity contribution in [2.45, 2.75) is 20.8 Å². The second-order valence-corrected chi connectivity index (χ2v) is 7.56. The summed E-state index contributed by atoms with van der Waals surface area (Å²) in [6.45, 7) is 10.1. The molecule has 0 saturated carbocycles. The van der Waals surface area contributed by atoms with Crippen LogP contribution < -0.4 is 20.4 Å². The zero-order valence-electron chi connectivity index (χ0n) is 14.4. The first-order valence-electron chi connectivity index (χ1n) is 8.04. The van der Waals surface area contributed by atoms with E-state index in [1.54, 1.807) is 4.90 Å². The molecular formula is C17H27N4OS+. The Morgan fingerprint density at radius 1 is 1.17 bits per heavy atom. The Morgan fingerprint density at radius 2 is 1.74 bits per heavy atom. The maximum absolute atomic E-state index is 11.9. The fourth-order valence-corrected chi connectivity index (χ4v) is 2.57. The Morgan fingerprint density at radius 3 is 2.26 bits per heavy atom. The number of rotatable bonds is 2. The lowest BCUT2D eigenvalue weighted by Crippen LogP contribution is -3.12. The largest absolute Gasteiger partial charge is 0.360 e. The van der Waals surface area contributed by atoms with Crippen molar-refractivity contribution in [3.8, 4) is 0 Å². The Bertz CT molecular complexity index is 557. The van der Waals surface area contributed by atoms with Crippen molar-refractivity contribution < 1.29 is 9.69 Å². The lowest BCUT2D eigenvalue weighted by molar-refractivity contribution is -0.880.